The van der Waals surface area contributed by atoms with Gasteiger partial charge < -0.3 is 0 Å². The van der Waals surface area contributed by atoms with Gasteiger partial charge in [-0.05, 0) is 30.9 Å². The van der Waals surface area contributed by atoms with Crippen molar-refractivity contribution in [2.75, 3.05) is 5.73 Å². The van der Waals surface area contributed by atoms with Crippen LogP contribution in [-0.2, 0) is 9.84 Å². The van der Waals surface area contributed by atoms with Crippen LogP contribution in [0.15, 0.2) is 35.2 Å². The number of hydrogen-bond acceptors (Lipinski definition) is 2. The van der Waals surface area contributed by atoms with Crippen molar-refractivity contribution in [1.29, 1.82) is 0 Å². The molecule has 1 saturated carbocycles. The molecule has 1 aromatic rings. The van der Waals surface area contributed by atoms with E-state index in [2.05, 4.69) is 0 Å². The molecular weight excluding hydrogens is 184 g/mol. The first-order valence-electron chi connectivity index (χ1n) is 4.91. The molecule has 1 aromatic carbocycles. The fourth-order valence-electron chi connectivity index (χ4n) is 1.17. The topological polar surface area (TPSA) is 34.1 Å². The van der Waals surface area contributed by atoms with Gasteiger partial charge in [0.05, 0.1) is 10.6 Å². The first-order chi connectivity index (χ1) is 6.62. The van der Waals surface area contributed by atoms with Crippen molar-refractivity contribution in [3.8, 4) is 0 Å². The molecule has 0 N–H and O–H groups in total. The van der Waals surface area contributed by atoms with Crippen LogP contribution in [-0.4, -0.2) is 14.1 Å². The molecule has 0 amide bonds. The van der Waals surface area contributed by atoms with Crippen LogP contribution >= 0.6 is 0 Å². The van der Waals surface area contributed by atoms with Crippen molar-refractivity contribution in [3.63, 3.8) is 0 Å². The molecule has 2 rings (SSSR count). The van der Waals surface area contributed by atoms with Crippen molar-refractivity contribution in [1.82, 2.24) is 0 Å². The predicted octanol–water partition coefficient (Wildman–Crippen LogP) is 1.87. The van der Waals surface area contributed by atoms with Gasteiger partial charge in [-0.3, -0.25) is 0 Å². The summed E-state index contributed by atoms with van der Waals surface area (Å²) in [5.74, 6) is 0.0557. The first kappa shape index (κ1) is 7.56. The van der Waals surface area contributed by atoms with E-state index in [-0.39, 0.29) is 10.8 Å². The van der Waals surface area contributed by atoms with Gasteiger partial charge in [-0.25, -0.2) is 8.42 Å². The number of benzene rings is 1. The maximum absolute atomic E-state index is 11.8. The minimum atomic E-state index is -3.41. The molecule has 0 saturated heterocycles. The van der Waals surface area contributed by atoms with E-state index in [1.54, 1.807) is 30.3 Å². The summed E-state index contributed by atoms with van der Waals surface area (Å²) in [6.45, 7) is 0. The van der Waals surface area contributed by atoms with Crippen molar-refractivity contribution in [2.45, 2.75) is 17.7 Å². The number of rotatable bonds is 3. The van der Waals surface area contributed by atoms with Crippen LogP contribution in [0, 0.1) is 5.92 Å². The minimum absolute atomic E-state index is 0.0557. The summed E-state index contributed by atoms with van der Waals surface area (Å²) in [5.41, 5.74) is -0.968. The molecule has 0 spiro atoms. The molecule has 0 heterocycles. The molecule has 1 unspecified atom stereocenters. The number of hydrogen-bond donors (Lipinski definition) is 0. The Labute approximate surface area is 79.9 Å². The lowest BCUT2D eigenvalue weighted by Gasteiger charge is -2.01. The van der Waals surface area contributed by atoms with Crippen LogP contribution in [0.25, 0.3) is 0 Å². The van der Waals surface area contributed by atoms with Crippen LogP contribution < -0.4 is 0 Å². The maximum Gasteiger partial charge on any atom is 0.178 e. The Kier molecular flexibility index (Phi) is 1.83. The van der Waals surface area contributed by atoms with Crippen LogP contribution in [0.4, 0.5) is 0 Å². The Morgan fingerprint density at radius 2 is 1.92 bits per heavy atom. The standard InChI is InChI=1S/C10H12O2S/c11-13(12,8-9-6-7-9)10-4-2-1-3-5-10/h1-5,9H,6-8H2/i8D. The van der Waals surface area contributed by atoms with Crippen LogP contribution in [0.1, 0.15) is 14.2 Å². The third-order valence-corrected chi connectivity index (χ3v) is 3.74. The van der Waals surface area contributed by atoms with Gasteiger partial charge in [-0.15, -0.1) is 0 Å². The molecule has 0 aliphatic heterocycles. The summed E-state index contributed by atoms with van der Waals surface area (Å²) < 4.78 is 31.3. The monoisotopic (exact) mass is 197 g/mol. The normalized spacial score (nSPS) is 20.8. The van der Waals surface area contributed by atoms with E-state index in [4.69, 9.17) is 1.37 Å². The zero-order valence-corrected chi connectivity index (χ0v) is 8.00. The maximum atomic E-state index is 11.8. The molecule has 1 atom stereocenters. The van der Waals surface area contributed by atoms with Gasteiger partial charge in [0.15, 0.2) is 9.84 Å². The fraction of sp³-hybridized carbons (Fsp3) is 0.400. The second kappa shape index (κ2) is 3.14. The summed E-state index contributed by atoms with van der Waals surface area (Å²) in [7, 11) is -3.41. The number of sulfone groups is 1. The van der Waals surface area contributed by atoms with Gasteiger partial charge in [-0.2, -0.15) is 0 Å². The summed E-state index contributed by atoms with van der Waals surface area (Å²) in [6, 6.07) is 8.26. The Hall–Kier alpha value is -0.830. The molecule has 13 heavy (non-hydrogen) atoms. The van der Waals surface area contributed by atoms with E-state index < -0.39 is 15.6 Å². The summed E-state index contributed by atoms with van der Waals surface area (Å²) >= 11 is 0. The highest BCUT2D eigenvalue weighted by Gasteiger charge is 2.28. The highest BCUT2D eigenvalue weighted by atomic mass is 32.2. The SMILES string of the molecule is [2H]C(C1CC1)S(=O)(=O)c1ccccc1. The molecule has 1 fully saturated rings. The van der Waals surface area contributed by atoms with E-state index in [0.717, 1.165) is 12.8 Å². The third-order valence-electron chi connectivity index (χ3n) is 2.07. The van der Waals surface area contributed by atoms with Gasteiger partial charge in [0.25, 0.3) is 0 Å². The lowest BCUT2D eigenvalue weighted by molar-refractivity contribution is 0.592. The van der Waals surface area contributed by atoms with E-state index >= 15 is 0 Å². The lowest BCUT2D eigenvalue weighted by atomic mass is 10.4. The van der Waals surface area contributed by atoms with Gasteiger partial charge in [0.2, 0.25) is 0 Å². The van der Waals surface area contributed by atoms with Crippen molar-refractivity contribution in [2.24, 2.45) is 5.92 Å². The lowest BCUT2D eigenvalue weighted by Crippen LogP contribution is -2.07. The predicted molar refractivity (Wildman–Crippen MR) is 51.2 cm³/mol. The average Bonchev–Trinajstić information content (AvgIpc) is 3.01. The van der Waals surface area contributed by atoms with Crippen molar-refractivity contribution < 1.29 is 9.79 Å². The van der Waals surface area contributed by atoms with Gasteiger partial charge in [0.1, 0.15) is 0 Å². The van der Waals surface area contributed by atoms with E-state index in [1.807, 2.05) is 0 Å². The molecule has 0 aromatic heterocycles. The molecule has 1 aliphatic rings. The van der Waals surface area contributed by atoms with Gasteiger partial charge >= 0.3 is 0 Å². The second-order valence-corrected chi connectivity index (χ2v) is 5.17. The smallest absolute Gasteiger partial charge is 0.178 e. The molecular formula is C10H12O2S. The van der Waals surface area contributed by atoms with Crippen LogP contribution in [0.2, 0.25) is 0 Å². The molecule has 3 heteroatoms. The minimum Gasteiger partial charge on any atom is -0.224 e. The average molecular weight is 197 g/mol. The Morgan fingerprint density at radius 3 is 2.46 bits per heavy atom. The molecule has 0 bridgehead atoms. The first-order valence-corrected chi connectivity index (χ1v) is 5.88. The van der Waals surface area contributed by atoms with Crippen LogP contribution in [0.5, 0.6) is 0 Å². The van der Waals surface area contributed by atoms with Gasteiger partial charge in [0, 0.05) is 1.37 Å². The largest absolute Gasteiger partial charge is 0.224 e. The summed E-state index contributed by atoms with van der Waals surface area (Å²) in [6.07, 6.45) is 1.75. The van der Waals surface area contributed by atoms with Crippen molar-refractivity contribution >= 4 is 9.84 Å². The third kappa shape index (κ3) is 2.10. The van der Waals surface area contributed by atoms with Gasteiger partial charge in [-0.1, -0.05) is 18.2 Å². The molecule has 0 radical (unpaired) electrons. The van der Waals surface area contributed by atoms with Crippen LogP contribution in [0.3, 0.4) is 0 Å². The Bertz CT molecular complexity index is 409. The highest BCUT2D eigenvalue weighted by molar-refractivity contribution is 7.91. The Morgan fingerprint density at radius 1 is 1.31 bits per heavy atom. The van der Waals surface area contributed by atoms with E-state index in [0.29, 0.717) is 0 Å². The highest BCUT2D eigenvalue weighted by Crippen LogP contribution is 2.32. The van der Waals surface area contributed by atoms with E-state index in [9.17, 15) is 8.42 Å². The summed E-state index contributed by atoms with van der Waals surface area (Å²) in [4.78, 5) is 0.270. The molecule has 1 aliphatic carbocycles. The quantitative estimate of drug-likeness (QED) is 0.741. The zero-order valence-electron chi connectivity index (χ0n) is 8.18. The molecule has 70 valence electrons. The second-order valence-electron chi connectivity index (χ2n) is 3.33. The van der Waals surface area contributed by atoms with Crippen molar-refractivity contribution in [3.05, 3.63) is 30.3 Å². The Balaban J connectivity index is 2.32. The summed E-state index contributed by atoms with van der Waals surface area (Å²) in [5, 5.41) is 0. The zero-order chi connectivity index (χ0) is 10.2. The van der Waals surface area contributed by atoms with E-state index in [1.165, 1.54) is 0 Å². The fourth-order valence-corrected chi connectivity index (χ4v) is 2.65. The molecule has 2 nitrogen and oxygen atoms in total.